The minimum Gasteiger partial charge on any atom is -0.493 e. The summed E-state index contributed by atoms with van der Waals surface area (Å²) in [4.78, 5) is 26.3. The van der Waals surface area contributed by atoms with E-state index in [1.807, 2.05) is 0 Å². The summed E-state index contributed by atoms with van der Waals surface area (Å²) in [6.07, 6.45) is 0.665. The zero-order valence-electron chi connectivity index (χ0n) is 16.5. The largest absolute Gasteiger partial charge is 0.493 e. The van der Waals surface area contributed by atoms with Crippen molar-refractivity contribution in [3.05, 3.63) is 23.8 Å². The summed E-state index contributed by atoms with van der Waals surface area (Å²) in [5, 5.41) is 2.81. The fraction of sp³-hybridized carbons (Fsp3) is 0.579. The van der Waals surface area contributed by atoms with Crippen LogP contribution in [0, 0.1) is 0 Å². The van der Waals surface area contributed by atoms with Crippen molar-refractivity contribution in [2.45, 2.75) is 51.9 Å². The van der Waals surface area contributed by atoms with Crippen LogP contribution in [-0.4, -0.2) is 55.4 Å². The van der Waals surface area contributed by atoms with Gasteiger partial charge in [-0.1, -0.05) is 6.07 Å². The van der Waals surface area contributed by atoms with Crippen molar-refractivity contribution in [2.75, 3.05) is 20.2 Å². The second-order valence-corrected chi connectivity index (χ2v) is 7.43. The quantitative estimate of drug-likeness (QED) is 0.820. The predicted molar refractivity (Wildman–Crippen MR) is 97.9 cm³/mol. The number of nitrogens with one attached hydrogen (secondary N) is 1. The molecule has 9 heteroatoms. The molecule has 1 fully saturated rings. The molecular weight excluding hydrogens is 374 g/mol. The molecule has 2 rings (SSSR count). The minimum absolute atomic E-state index is 0.0331. The highest BCUT2D eigenvalue weighted by molar-refractivity contribution is 5.98. The molecule has 1 aliphatic rings. The zero-order valence-corrected chi connectivity index (χ0v) is 16.5. The summed E-state index contributed by atoms with van der Waals surface area (Å²) < 4.78 is 40.3. The molecule has 0 unspecified atom stereocenters. The molecule has 28 heavy (non-hydrogen) atoms. The lowest BCUT2D eigenvalue weighted by Gasteiger charge is -2.33. The van der Waals surface area contributed by atoms with Crippen molar-refractivity contribution in [1.82, 2.24) is 10.2 Å². The van der Waals surface area contributed by atoms with Crippen LogP contribution in [0.1, 0.15) is 44.0 Å². The number of benzene rings is 1. The van der Waals surface area contributed by atoms with Crippen LogP contribution in [0.15, 0.2) is 18.2 Å². The molecule has 0 aromatic heterocycles. The van der Waals surface area contributed by atoms with E-state index in [-0.39, 0.29) is 23.1 Å². The molecule has 7 nitrogen and oxygen atoms in total. The monoisotopic (exact) mass is 400 g/mol. The van der Waals surface area contributed by atoms with Crippen LogP contribution >= 0.6 is 0 Å². The van der Waals surface area contributed by atoms with Crippen LogP contribution < -0.4 is 14.8 Å². The van der Waals surface area contributed by atoms with Crippen molar-refractivity contribution in [1.29, 1.82) is 0 Å². The molecule has 0 bridgehead atoms. The molecular formula is C19H26F2N2O5. The lowest BCUT2D eigenvalue weighted by atomic mass is 10.0. The fourth-order valence-corrected chi connectivity index (χ4v) is 2.86. The Morgan fingerprint density at radius 2 is 1.86 bits per heavy atom. The van der Waals surface area contributed by atoms with E-state index in [0.29, 0.717) is 25.9 Å². The van der Waals surface area contributed by atoms with E-state index in [0.717, 1.165) is 0 Å². The molecule has 1 N–H and O–H groups in total. The van der Waals surface area contributed by atoms with Gasteiger partial charge in [0.15, 0.2) is 11.5 Å². The number of alkyl halides is 2. The number of ether oxygens (including phenoxy) is 3. The fourth-order valence-electron chi connectivity index (χ4n) is 2.86. The van der Waals surface area contributed by atoms with Crippen LogP contribution in [-0.2, 0) is 4.74 Å². The summed E-state index contributed by atoms with van der Waals surface area (Å²) in [6, 6.07) is 4.16. The Morgan fingerprint density at radius 1 is 1.21 bits per heavy atom. The molecule has 0 atom stereocenters. The highest BCUT2D eigenvalue weighted by Gasteiger charge is 2.28. The van der Waals surface area contributed by atoms with Gasteiger partial charge in [0.25, 0.3) is 5.91 Å². The number of hydrogen-bond acceptors (Lipinski definition) is 5. The van der Waals surface area contributed by atoms with Crippen molar-refractivity contribution in [3.63, 3.8) is 0 Å². The van der Waals surface area contributed by atoms with Gasteiger partial charge in [-0.15, -0.1) is 0 Å². The van der Waals surface area contributed by atoms with Crippen LogP contribution in [0.2, 0.25) is 0 Å². The van der Waals surface area contributed by atoms with E-state index >= 15 is 0 Å². The summed E-state index contributed by atoms with van der Waals surface area (Å²) in [7, 11) is 1.31. The van der Waals surface area contributed by atoms with E-state index in [9.17, 15) is 18.4 Å². The third kappa shape index (κ3) is 5.97. The molecule has 0 saturated carbocycles. The first kappa shape index (κ1) is 21.7. The SMILES string of the molecule is COc1cccc(C(=O)NC2CCN(C(=O)OC(C)(C)C)CC2)c1OC(F)F. The van der Waals surface area contributed by atoms with Crippen molar-refractivity contribution in [3.8, 4) is 11.5 Å². The molecule has 156 valence electrons. The lowest BCUT2D eigenvalue weighted by Crippen LogP contribution is -2.47. The number of rotatable bonds is 5. The first-order valence-electron chi connectivity index (χ1n) is 9.01. The van der Waals surface area contributed by atoms with Crippen molar-refractivity contribution < 1.29 is 32.6 Å². The van der Waals surface area contributed by atoms with Gasteiger partial charge in [-0.25, -0.2) is 4.79 Å². The Hall–Kier alpha value is -2.58. The Labute approximate surface area is 162 Å². The summed E-state index contributed by atoms with van der Waals surface area (Å²) in [5.74, 6) is -0.790. The minimum atomic E-state index is -3.08. The maximum atomic E-state index is 12.7. The predicted octanol–water partition coefficient (Wildman–Crippen LogP) is 3.43. The second-order valence-electron chi connectivity index (χ2n) is 7.43. The number of nitrogens with zero attached hydrogens (tertiary/aromatic N) is 1. The number of methoxy groups -OCH3 is 1. The molecule has 1 aromatic rings. The lowest BCUT2D eigenvalue weighted by molar-refractivity contribution is -0.0515. The standard InChI is InChI=1S/C19H26F2N2O5/c1-19(2,3)28-18(25)23-10-8-12(9-11-23)22-16(24)13-6-5-7-14(26-4)15(13)27-17(20)21/h5-7,12,17H,8-11H2,1-4H3,(H,22,24). The second kappa shape index (κ2) is 9.07. The number of para-hydroxylation sites is 1. The van der Waals surface area contributed by atoms with Gasteiger partial charge in [0.05, 0.1) is 12.7 Å². The molecule has 1 saturated heterocycles. The van der Waals surface area contributed by atoms with Gasteiger partial charge >= 0.3 is 12.7 Å². The smallest absolute Gasteiger partial charge is 0.410 e. The molecule has 2 amide bonds. The van der Waals surface area contributed by atoms with E-state index in [1.54, 1.807) is 25.7 Å². The van der Waals surface area contributed by atoms with Crippen molar-refractivity contribution in [2.24, 2.45) is 0 Å². The van der Waals surface area contributed by atoms with Gasteiger partial charge in [0, 0.05) is 19.1 Å². The molecule has 0 radical (unpaired) electrons. The van der Waals surface area contributed by atoms with Gasteiger partial charge in [-0.05, 0) is 45.7 Å². The van der Waals surface area contributed by atoms with Crippen LogP contribution in [0.25, 0.3) is 0 Å². The number of hydrogen-bond donors (Lipinski definition) is 1. The summed E-state index contributed by atoms with van der Waals surface area (Å²) in [5.41, 5.74) is -0.607. The van der Waals surface area contributed by atoms with Gasteiger partial charge in [-0.3, -0.25) is 4.79 Å². The van der Waals surface area contributed by atoms with Crippen molar-refractivity contribution >= 4 is 12.0 Å². The Bertz CT molecular complexity index is 698. The normalized spacial score (nSPS) is 15.3. The maximum Gasteiger partial charge on any atom is 0.410 e. The van der Waals surface area contributed by atoms with Gasteiger partial charge in [-0.2, -0.15) is 8.78 Å². The zero-order chi connectivity index (χ0) is 20.9. The summed E-state index contributed by atoms with van der Waals surface area (Å²) >= 11 is 0. The average Bonchev–Trinajstić information content (AvgIpc) is 2.60. The first-order valence-corrected chi connectivity index (χ1v) is 9.01. The number of likely N-dealkylation sites (tertiary alicyclic amines) is 1. The third-order valence-electron chi connectivity index (χ3n) is 4.13. The number of piperidine rings is 1. The Kier molecular flexibility index (Phi) is 7.04. The Balaban J connectivity index is 1.99. The molecule has 1 aromatic carbocycles. The van der Waals surface area contributed by atoms with Crippen LogP contribution in [0.5, 0.6) is 11.5 Å². The van der Waals surface area contributed by atoms with Crippen LogP contribution in [0.3, 0.4) is 0 Å². The highest BCUT2D eigenvalue weighted by Crippen LogP contribution is 2.32. The molecule has 0 aliphatic carbocycles. The van der Waals surface area contributed by atoms with E-state index in [2.05, 4.69) is 10.1 Å². The van der Waals surface area contributed by atoms with Gasteiger partial charge in [0.1, 0.15) is 5.60 Å². The molecule has 1 aliphatic heterocycles. The van der Waals surface area contributed by atoms with E-state index in [4.69, 9.17) is 9.47 Å². The molecule has 0 spiro atoms. The average molecular weight is 400 g/mol. The van der Waals surface area contributed by atoms with E-state index in [1.165, 1.54) is 25.3 Å². The number of carbonyl (C=O) groups excluding carboxylic acids is 2. The number of carbonyl (C=O) groups is 2. The topological polar surface area (TPSA) is 77.1 Å². The van der Waals surface area contributed by atoms with Gasteiger partial charge < -0.3 is 24.4 Å². The number of amides is 2. The van der Waals surface area contributed by atoms with E-state index < -0.39 is 24.2 Å². The number of halogens is 2. The highest BCUT2D eigenvalue weighted by atomic mass is 19.3. The van der Waals surface area contributed by atoms with Crippen LogP contribution in [0.4, 0.5) is 13.6 Å². The molecule has 1 heterocycles. The maximum absolute atomic E-state index is 12.7. The van der Waals surface area contributed by atoms with Gasteiger partial charge in [0.2, 0.25) is 0 Å². The summed E-state index contributed by atoms with van der Waals surface area (Å²) in [6.45, 7) is 3.16. The first-order chi connectivity index (χ1) is 13.1. The Morgan fingerprint density at radius 3 is 2.39 bits per heavy atom. The third-order valence-corrected chi connectivity index (χ3v) is 4.13.